The molecule has 250 valence electrons. The molecule has 3 atom stereocenters. The number of hydrogen-bond donors (Lipinski definition) is 1. The van der Waals surface area contributed by atoms with E-state index in [2.05, 4.69) is 156 Å². The van der Waals surface area contributed by atoms with Crippen LogP contribution < -0.4 is 10.9 Å². The van der Waals surface area contributed by atoms with E-state index >= 15 is 0 Å². The molecule has 2 N–H and O–H groups in total. The zero-order chi connectivity index (χ0) is 33.9. The topological polar surface area (TPSA) is 46.5 Å². The smallest absolute Gasteiger partial charge is 0.127 e. The van der Waals surface area contributed by atoms with Crippen molar-refractivity contribution in [2.75, 3.05) is 6.54 Å². The third-order valence-electron chi connectivity index (χ3n) is 11.2. The van der Waals surface area contributed by atoms with Gasteiger partial charge in [-0.2, -0.15) is 0 Å². The van der Waals surface area contributed by atoms with Crippen LogP contribution >= 0.6 is 0 Å². The Morgan fingerprint density at radius 1 is 0.920 bits per heavy atom. The lowest BCUT2D eigenvalue weighted by Crippen LogP contribution is -2.58. The molecule has 1 aliphatic heterocycles. The van der Waals surface area contributed by atoms with Crippen molar-refractivity contribution in [3.63, 3.8) is 0 Å². The number of rotatable bonds is 8. The summed E-state index contributed by atoms with van der Waals surface area (Å²) in [6.45, 7) is 3.06. The van der Waals surface area contributed by atoms with Crippen LogP contribution in [0.1, 0.15) is 50.3 Å². The maximum Gasteiger partial charge on any atom is 0.127 e. The van der Waals surface area contributed by atoms with Gasteiger partial charge in [-0.05, 0) is 104 Å². The number of aromatic nitrogens is 1. The summed E-state index contributed by atoms with van der Waals surface area (Å²) in [4.78, 5) is 7.29. The quantitative estimate of drug-likeness (QED) is 0.150. The first-order valence-corrected chi connectivity index (χ1v) is 20.4. The molecule has 0 spiro atoms. The molecule has 0 radical (unpaired) electrons. The summed E-state index contributed by atoms with van der Waals surface area (Å²) in [7, 11) is -2.45. The van der Waals surface area contributed by atoms with E-state index in [-0.39, 0.29) is 0 Å². The Balaban J connectivity index is 1.26. The third kappa shape index (κ3) is 5.60. The van der Waals surface area contributed by atoms with Crippen LogP contribution in [0.4, 0.5) is 0 Å². The van der Waals surface area contributed by atoms with Crippen LogP contribution in [0.25, 0.3) is 22.7 Å². The molecular formula is C45H46N4Si. The number of para-hydroxylation sites is 2. The number of benzene rings is 3. The van der Waals surface area contributed by atoms with Gasteiger partial charge in [0, 0.05) is 41.1 Å². The predicted octanol–water partition coefficient (Wildman–Crippen LogP) is 9.83. The zero-order valence-corrected chi connectivity index (χ0v) is 30.0. The SMILES string of the molecule is C/C(=C\C=C/N)N(C1=CCC([Si](C2=CC=CCC2)(c2ccccc2)C2C=Cc3c(c4ccccc4n3-c3ccccc3)C2)C=C1)C1=NCCC1. The van der Waals surface area contributed by atoms with Crippen molar-refractivity contribution in [3.05, 3.63) is 174 Å². The van der Waals surface area contributed by atoms with Crippen molar-refractivity contribution in [3.8, 4) is 5.69 Å². The fourth-order valence-corrected chi connectivity index (χ4v) is 15.3. The van der Waals surface area contributed by atoms with E-state index in [1.165, 1.54) is 33.5 Å². The second-order valence-electron chi connectivity index (χ2n) is 13.9. The van der Waals surface area contributed by atoms with Crippen LogP contribution in [-0.4, -0.2) is 29.9 Å². The van der Waals surface area contributed by atoms with Crippen LogP contribution in [0.15, 0.2) is 167 Å². The maximum absolute atomic E-state index is 5.75. The highest BCUT2D eigenvalue weighted by atomic mass is 28.3. The van der Waals surface area contributed by atoms with Gasteiger partial charge in [0.1, 0.15) is 13.9 Å². The van der Waals surface area contributed by atoms with Gasteiger partial charge >= 0.3 is 0 Å². The summed E-state index contributed by atoms with van der Waals surface area (Å²) in [6.07, 6.45) is 31.7. The second kappa shape index (κ2) is 14.0. The number of aliphatic imine (C=N–C) groups is 1. The highest BCUT2D eigenvalue weighted by molar-refractivity contribution is 7.00. The number of fused-ring (bicyclic) bond motifs is 3. The molecule has 1 aromatic heterocycles. The standard InChI is InChI=1S/C45H46N4Si/c1-34(15-13-31-46)48(45-24-14-32-47-45)36-25-27-39(28-26-36)50(37-18-7-3-8-19-37,38-20-9-4-10-21-38)40-29-30-44-42(33-40)41-22-11-12-23-43(41)49(44)35-16-5-2-6-17-35/h2-9,11-13,15-20,22-23,25-27,29-31,39-40H,10,14,21,24,28,32-33,46H2,1H3/b31-13-,34-15+. The molecule has 4 aromatic rings. The largest absolute Gasteiger partial charge is 0.405 e. The molecule has 50 heavy (non-hydrogen) atoms. The fourth-order valence-electron chi connectivity index (χ4n) is 9.05. The number of allylic oxidation sites excluding steroid dienone is 11. The van der Waals surface area contributed by atoms with E-state index in [0.29, 0.717) is 11.1 Å². The van der Waals surface area contributed by atoms with Crippen LogP contribution in [0.5, 0.6) is 0 Å². The summed E-state index contributed by atoms with van der Waals surface area (Å²) >= 11 is 0. The Hall–Kier alpha value is -5.13. The van der Waals surface area contributed by atoms with Gasteiger partial charge in [0.2, 0.25) is 0 Å². The first-order valence-electron chi connectivity index (χ1n) is 18.2. The van der Waals surface area contributed by atoms with Gasteiger partial charge in [-0.25, -0.2) is 0 Å². The van der Waals surface area contributed by atoms with Gasteiger partial charge in [-0.1, -0.05) is 114 Å². The minimum Gasteiger partial charge on any atom is -0.405 e. The summed E-state index contributed by atoms with van der Waals surface area (Å²) in [6, 6.07) is 31.5. The van der Waals surface area contributed by atoms with Gasteiger partial charge < -0.3 is 15.2 Å². The molecule has 0 saturated heterocycles. The van der Waals surface area contributed by atoms with Crippen LogP contribution in [0.2, 0.25) is 11.1 Å². The Kier molecular flexibility index (Phi) is 8.99. The Morgan fingerprint density at radius 2 is 1.70 bits per heavy atom. The first-order chi connectivity index (χ1) is 24.7. The van der Waals surface area contributed by atoms with Gasteiger partial charge in [0.15, 0.2) is 0 Å². The van der Waals surface area contributed by atoms with Crippen LogP contribution in [0.3, 0.4) is 0 Å². The number of nitrogens with two attached hydrogens (primary N) is 1. The Morgan fingerprint density at radius 3 is 2.42 bits per heavy atom. The molecule has 2 heterocycles. The van der Waals surface area contributed by atoms with Crippen molar-refractivity contribution in [1.82, 2.24) is 9.47 Å². The van der Waals surface area contributed by atoms with Gasteiger partial charge in [0.25, 0.3) is 0 Å². The minimum absolute atomic E-state index is 0.404. The number of nitrogens with zero attached hydrogens (tertiary/aromatic N) is 3. The van der Waals surface area contributed by atoms with Crippen molar-refractivity contribution in [2.45, 2.75) is 56.5 Å². The van der Waals surface area contributed by atoms with Gasteiger partial charge in [-0.15, -0.1) is 0 Å². The minimum atomic E-state index is -2.45. The van der Waals surface area contributed by atoms with E-state index < -0.39 is 8.07 Å². The lowest BCUT2D eigenvalue weighted by molar-refractivity contribution is 0.628. The van der Waals surface area contributed by atoms with E-state index in [1.807, 2.05) is 6.08 Å². The number of hydrogen-bond acceptors (Lipinski definition) is 3. The van der Waals surface area contributed by atoms with Gasteiger partial charge in [0.05, 0.1) is 5.52 Å². The van der Waals surface area contributed by atoms with Crippen molar-refractivity contribution < 1.29 is 0 Å². The van der Waals surface area contributed by atoms with E-state index in [4.69, 9.17) is 10.7 Å². The summed E-state index contributed by atoms with van der Waals surface area (Å²) in [5.41, 5.74) is 14.2. The summed E-state index contributed by atoms with van der Waals surface area (Å²) in [5.74, 6) is 1.16. The van der Waals surface area contributed by atoms with Gasteiger partial charge in [-0.3, -0.25) is 4.99 Å². The summed E-state index contributed by atoms with van der Waals surface area (Å²) in [5, 5.41) is 4.58. The maximum atomic E-state index is 5.75. The molecule has 0 fully saturated rings. The molecule has 4 aliphatic rings. The first kappa shape index (κ1) is 32.1. The molecule has 0 bridgehead atoms. The Labute approximate surface area is 297 Å². The zero-order valence-electron chi connectivity index (χ0n) is 29.0. The molecule has 0 amide bonds. The highest BCUT2D eigenvalue weighted by Gasteiger charge is 2.51. The lowest BCUT2D eigenvalue weighted by Gasteiger charge is -2.47. The predicted molar refractivity (Wildman–Crippen MR) is 214 cm³/mol. The third-order valence-corrected chi connectivity index (χ3v) is 17.1. The second-order valence-corrected chi connectivity index (χ2v) is 18.3. The normalized spacial score (nSPS) is 21.5. The number of amidine groups is 1. The summed E-state index contributed by atoms with van der Waals surface area (Å²) < 4.78 is 2.47. The lowest BCUT2D eigenvalue weighted by atomic mass is 10.0. The average molecular weight is 671 g/mol. The van der Waals surface area contributed by atoms with Crippen molar-refractivity contribution in [2.24, 2.45) is 10.7 Å². The van der Waals surface area contributed by atoms with Crippen molar-refractivity contribution in [1.29, 1.82) is 0 Å². The molecule has 0 saturated carbocycles. The molecule has 8 rings (SSSR count). The molecule has 3 aromatic carbocycles. The van der Waals surface area contributed by atoms with Crippen LogP contribution in [-0.2, 0) is 6.42 Å². The van der Waals surface area contributed by atoms with E-state index in [9.17, 15) is 0 Å². The van der Waals surface area contributed by atoms with Crippen LogP contribution in [0, 0.1) is 0 Å². The van der Waals surface area contributed by atoms with Crippen molar-refractivity contribution >= 4 is 36.1 Å². The molecule has 3 aliphatic carbocycles. The monoisotopic (exact) mass is 670 g/mol. The molecule has 4 nitrogen and oxygen atoms in total. The average Bonchev–Trinajstić information content (AvgIpc) is 3.83. The molecular weight excluding hydrogens is 625 g/mol. The van der Waals surface area contributed by atoms with E-state index in [0.717, 1.165) is 56.6 Å². The Bertz CT molecular complexity index is 2130. The molecule has 3 unspecified atom stereocenters. The highest BCUT2D eigenvalue weighted by Crippen LogP contribution is 2.50. The fraction of sp³-hybridized carbons (Fsp3) is 0.222. The molecule has 5 heteroatoms. The van der Waals surface area contributed by atoms with E-state index in [1.54, 1.807) is 16.6 Å².